The van der Waals surface area contributed by atoms with Gasteiger partial charge in [-0.15, -0.1) is 0 Å². The van der Waals surface area contributed by atoms with Crippen molar-refractivity contribution >= 4 is 29.2 Å². The minimum atomic E-state index is -1.04. The second-order valence-corrected chi connectivity index (χ2v) is 5.04. The lowest BCUT2D eigenvalue weighted by atomic mass is 9.83. The largest absolute Gasteiger partial charge is 0.468 e. The molecular weight excluding hydrogens is 266 g/mol. The molecule has 0 unspecified atom stereocenters. The van der Waals surface area contributed by atoms with E-state index in [1.54, 1.807) is 38.1 Å². The van der Waals surface area contributed by atoms with Gasteiger partial charge in [-0.2, -0.15) is 0 Å². The van der Waals surface area contributed by atoms with Crippen molar-refractivity contribution in [3.8, 4) is 0 Å². The fourth-order valence-electron chi connectivity index (χ4n) is 1.71. The highest BCUT2D eigenvalue weighted by Gasteiger charge is 2.36. The van der Waals surface area contributed by atoms with E-state index in [4.69, 9.17) is 16.3 Å². The monoisotopic (exact) mass is 281 g/mol. The highest BCUT2D eigenvalue weighted by atomic mass is 35.5. The first-order valence-electron chi connectivity index (χ1n) is 5.73. The molecule has 5 heteroatoms. The summed E-state index contributed by atoms with van der Waals surface area (Å²) in [5, 5.41) is 0.509. The Morgan fingerprint density at radius 2 is 1.95 bits per heavy atom. The number of ether oxygens (including phenoxy) is 1. The average Bonchev–Trinajstić information content (AvgIpc) is 2.34. The predicted octanol–water partition coefficient (Wildman–Crippen LogP) is 2.87. The van der Waals surface area contributed by atoms with Crippen LogP contribution in [0.2, 0.25) is 5.02 Å². The van der Waals surface area contributed by atoms with Crippen LogP contribution in [0.1, 0.15) is 26.3 Å². The molecule has 4 nitrogen and oxygen atoms in total. The Bertz CT molecular complexity index is 535. The van der Waals surface area contributed by atoms with Gasteiger partial charge in [-0.05, 0) is 31.5 Å². The second-order valence-electron chi connectivity index (χ2n) is 4.61. The normalized spacial score (nSPS) is 12.2. The number of benzene rings is 1. The second kappa shape index (κ2) is 5.97. The van der Waals surface area contributed by atoms with Crippen molar-refractivity contribution in [3.05, 3.63) is 34.9 Å². The van der Waals surface area contributed by atoms with E-state index in [9.17, 15) is 9.59 Å². The minimum absolute atomic E-state index is 0.342. The van der Waals surface area contributed by atoms with Crippen molar-refractivity contribution < 1.29 is 14.3 Å². The van der Waals surface area contributed by atoms with Gasteiger partial charge in [-0.3, -0.25) is 9.59 Å². The standard InChI is InChI=1S/C14H16ClNO3/c1-9(17)16-12(14(2,3)13(18)19-4)10-6-5-7-11(15)8-10/h5-8H,1-4H3. The summed E-state index contributed by atoms with van der Waals surface area (Å²) in [6.45, 7) is 4.64. The smallest absolute Gasteiger partial charge is 0.317 e. The van der Waals surface area contributed by atoms with E-state index in [-0.39, 0.29) is 5.91 Å². The molecule has 0 fully saturated rings. The Hall–Kier alpha value is -1.68. The molecule has 102 valence electrons. The molecule has 19 heavy (non-hydrogen) atoms. The van der Waals surface area contributed by atoms with Gasteiger partial charge < -0.3 is 4.74 Å². The van der Waals surface area contributed by atoms with Crippen molar-refractivity contribution in [1.29, 1.82) is 0 Å². The van der Waals surface area contributed by atoms with E-state index in [2.05, 4.69) is 4.99 Å². The van der Waals surface area contributed by atoms with Crippen LogP contribution in [-0.4, -0.2) is 24.7 Å². The zero-order valence-corrected chi connectivity index (χ0v) is 12.1. The summed E-state index contributed by atoms with van der Waals surface area (Å²) in [6, 6.07) is 6.86. The van der Waals surface area contributed by atoms with Crippen LogP contribution in [0.5, 0.6) is 0 Å². The fraction of sp³-hybridized carbons (Fsp3) is 0.357. The Morgan fingerprint density at radius 1 is 1.32 bits per heavy atom. The lowest BCUT2D eigenvalue weighted by molar-refractivity contribution is -0.146. The van der Waals surface area contributed by atoms with Crippen LogP contribution < -0.4 is 0 Å². The van der Waals surface area contributed by atoms with E-state index in [1.807, 2.05) is 0 Å². The van der Waals surface area contributed by atoms with E-state index in [1.165, 1.54) is 14.0 Å². The van der Waals surface area contributed by atoms with Crippen LogP contribution >= 0.6 is 11.6 Å². The molecule has 0 atom stereocenters. The lowest BCUT2D eigenvalue weighted by Gasteiger charge is -2.23. The van der Waals surface area contributed by atoms with Gasteiger partial charge in [0.25, 0.3) is 0 Å². The van der Waals surface area contributed by atoms with Crippen LogP contribution in [0.15, 0.2) is 29.3 Å². The zero-order valence-electron chi connectivity index (χ0n) is 11.4. The maximum absolute atomic E-state index is 11.9. The number of carbonyl (C=O) groups is 2. The van der Waals surface area contributed by atoms with Crippen LogP contribution in [0.3, 0.4) is 0 Å². The number of aliphatic imine (C=N–C) groups is 1. The number of amides is 1. The summed E-state index contributed by atoms with van der Waals surface area (Å²) in [4.78, 5) is 27.1. The van der Waals surface area contributed by atoms with Gasteiger partial charge in [0.05, 0.1) is 12.8 Å². The van der Waals surface area contributed by atoms with E-state index in [0.717, 1.165) is 0 Å². The molecule has 0 N–H and O–H groups in total. The summed E-state index contributed by atoms with van der Waals surface area (Å²) >= 11 is 5.93. The summed E-state index contributed by atoms with van der Waals surface area (Å²) in [5.41, 5.74) is -0.0714. The van der Waals surface area contributed by atoms with Crippen LogP contribution in [-0.2, 0) is 14.3 Å². The Kier molecular flexibility index (Phi) is 4.84. The van der Waals surface area contributed by atoms with Gasteiger partial charge in [-0.1, -0.05) is 23.7 Å². The highest BCUT2D eigenvalue weighted by Crippen LogP contribution is 2.26. The van der Waals surface area contributed by atoms with Crippen molar-refractivity contribution in [2.45, 2.75) is 20.8 Å². The third-order valence-corrected chi connectivity index (χ3v) is 2.89. The third-order valence-electron chi connectivity index (χ3n) is 2.66. The average molecular weight is 282 g/mol. The predicted molar refractivity (Wildman–Crippen MR) is 74.5 cm³/mol. The number of halogens is 1. The van der Waals surface area contributed by atoms with Crippen LogP contribution in [0.4, 0.5) is 0 Å². The summed E-state index contributed by atoms with van der Waals surface area (Å²) in [6.07, 6.45) is 0. The molecule has 1 aromatic rings. The molecule has 0 spiro atoms. The van der Waals surface area contributed by atoms with Crippen molar-refractivity contribution in [1.82, 2.24) is 0 Å². The molecule has 1 rings (SSSR count). The van der Waals surface area contributed by atoms with E-state index >= 15 is 0 Å². The number of hydrogen-bond donors (Lipinski definition) is 0. The molecule has 1 aromatic carbocycles. The van der Waals surface area contributed by atoms with Gasteiger partial charge >= 0.3 is 5.97 Å². The maximum Gasteiger partial charge on any atom is 0.317 e. The Labute approximate surface area is 117 Å². The molecule has 0 aliphatic rings. The molecule has 1 amide bonds. The fourth-order valence-corrected chi connectivity index (χ4v) is 1.90. The van der Waals surface area contributed by atoms with Crippen molar-refractivity contribution in [3.63, 3.8) is 0 Å². The number of esters is 1. The molecule has 0 heterocycles. The summed E-state index contributed by atoms with van der Waals surface area (Å²) in [7, 11) is 1.30. The first-order valence-corrected chi connectivity index (χ1v) is 6.11. The number of rotatable bonds is 3. The molecule has 0 radical (unpaired) electrons. The quantitative estimate of drug-likeness (QED) is 0.632. The SMILES string of the molecule is COC(=O)C(C)(C)C(=NC(C)=O)c1cccc(Cl)c1. The van der Waals surface area contributed by atoms with Gasteiger partial charge in [0.2, 0.25) is 5.91 Å². The van der Waals surface area contributed by atoms with Gasteiger partial charge in [0, 0.05) is 11.9 Å². The highest BCUT2D eigenvalue weighted by molar-refractivity contribution is 6.31. The van der Waals surface area contributed by atoms with Crippen LogP contribution in [0.25, 0.3) is 0 Å². The lowest BCUT2D eigenvalue weighted by Crippen LogP contribution is -2.35. The van der Waals surface area contributed by atoms with E-state index < -0.39 is 11.4 Å². The van der Waals surface area contributed by atoms with Gasteiger partial charge in [0.1, 0.15) is 5.41 Å². The van der Waals surface area contributed by atoms with E-state index in [0.29, 0.717) is 16.3 Å². The minimum Gasteiger partial charge on any atom is -0.468 e. The van der Waals surface area contributed by atoms with Crippen LogP contribution in [0, 0.1) is 5.41 Å². The summed E-state index contributed by atoms with van der Waals surface area (Å²) < 4.78 is 4.77. The molecule has 0 aliphatic carbocycles. The number of carbonyl (C=O) groups excluding carboxylic acids is 2. The third kappa shape index (κ3) is 3.64. The summed E-state index contributed by atoms with van der Waals surface area (Å²) in [5.74, 6) is -0.848. The van der Waals surface area contributed by atoms with Crippen molar-refractivity contribution in [2.75, 3.05) is 7.11 Å². The van der Waals surface area contributed by atoms with Crippen molar-refractivity contribution in [2.24, 2.45) is 10.4 Å². The zero-order chi connectivity index (χ0) is 14.6. The number of hydrogen-bond acceptors (Lipinski definition) is 3. The Balaban J connectivity index is 3.40. The topological polar surface area (TPSA) is 55.7 Å². The molecular formula is C14H16ClNO3. The first kappa shape index (κ1) is 15.4. The molecule has 0 bridgehead atoms. The molecule has 0 saturated carbocycles. The molecule has 0 aromatic heterocycles. The van der Waals surface area contributed by atoms with Gasteiger partial charge in [-0.25, -0.2) is 4.99 Å². The number of methoxy groups -OCH3 is 1. The van der Waals surface area contributed by atoms with Gasteiger partial charge in [0.15, 0.2) is 0 Å². The molecule has 0 aliphatic heterocycles. The number of nitrogens with zero attached hydrogens (tertiary/aromatic N) is 1. The molecule has 0 saturated heterocycles. The Morgan fingerprint density at radius 3 is 2.42 bits per heavy atom. The first-order chi connectivity index (χ1) is 8.78. The maximum atomic E-state index is 11.9.